The smallest absolute Gasteiger partial charge is 0.219 e. The van der Waals surface area contributed by atoms with E-state index in [2.05, 4.69) is 16.4 Å². The molecule has 0 saturated heterocycles. The predicted molar refractivity (Wildman–Crippen MR) is 74.4 cm³/mol. The van der Waals surface area contributed by atoms with E-state index in [0.29, 0.717) is 13.0 Å². The minimum Gasteiger partial charge on any atom is -0.352 e. The molecule has 4 heteroatoms. The van der Waals surface area contributed by atoms with E-state index in [-0.39, 0.29) is 5.91 Å². The second kappa shape index (κ2) is 5.78. The standard InChI is InChI=1S/C14H16N2OS/c1-3-13(17)15-8-11-5-4-6-12(7-11)14-16-10(2)9-18-14/h4-7,9H,3,8H2,1-2H3,(H,15,17). The van der Waals surface area contributed by atoms with Gasteiger partial charge in [0.15, 0.2) is 0 Å². The molecule has 0 aliphatic carbocycles. The molecular weight excluding hydrogens is 244 g/mol. The Labute approximate surface area is 111 Å². The zero-order chi connectivity index (χ0) is 13.0. The summed E-state index contributed by atoms with van der Waals surface area (Å²) in [6, 6.07) is 8.14. The molecule has 1 N–H and O–H groups in total. The average molecular weight is 260 g/mol. The molecule has 0 unspecified atom stereocenters. The zero-order valence-electron chi connectivity index (χ0n) is 10.6. The first-order valence-corrected chi connectivity index (χ1v) is 6.85. The summed E-state index contributed by atoms with van der Waals surface area (Å²) in [6.07, 6.45) is 0.519. The third kappa shape index (κ3) is 3.17. The van der Waals surface area contributed by atoms with Gasteiger partial charge in [-0.15, -0.1) is 11.3 Å². The lowest BCUT2D eigenvalue weighted by molar-refractivity contribution is -0.120. The van der Waals surface area contributed by atoms with Crippen molar-refractivity contribution in [2.45, 2.75) is 26.8 Å². The molecule has 0 aliphatic heterocycles. The zero-order valence-corrected chi connectivity index (χ0v) is 11.4. The number of nitrogens with one attached hydrogen (secondary N) is 1. The number of benzene rings is 1. The lowest BCUT2D eigenvalue weighted by atomic mass is 10.1. The van der Waals surface area contributed by atoms with Crippen LogP contribution in [0.25, 0.3) is 10.6 Å². The van der Waals surface area contributed by atoms with Crippen LogP contribution in [-0.2, 0) is 11.3 Å². The normalized spacial score (nSPS) is 10.3. The van der Waals surface area contributed by atoms with Crippen LogP contribution in [0, 0.1) is 6.92 Å². The summed E-state index contributed by atoms with van der Waals surface area (Å²) in [6.45, 7) is 4.42. The summed E-state index contributed by atoms with van der Waals surface area (Å²) >= 11 is 1.64. The number of rotatable bonds is 4. The van der Waals surface area contributed by atoms with Crippen LogP contribution in [-0.4, -0.2) is 10.9 Å². The molecule has 3 nitrogen and oxygen atoms in total. The molecule has 1 aromatic heterocycles. The van der Waals surface area contributed by atoms with Crippen LogP contribution in [0.15, 0.2) is 29.6 Å². The molecule has 94 valence electrons. The quantitative estimate of drug-likeness (QED) is 0.917. The first-order valence-electron chi connectivity index (χ1n) is 5.97. The molecule has 2 aromatic rings. The summed E-state index contributed by atoms with van der Waals surface area (Å²) in [4.78, 5) is 15.7. The van der Waals surface area contributed by atoms with E-state index in [4.69, 9.17) is 0 Å². The van der Waals surface area contributed by atoms with Gasteiger partial charge >= 0.3 is 0 Å². The highest BCUT2D eigenvalue weighted by molar-refractivity contribution is 7.13. The Morgan fingerprint density at radius 2 is 2.28 bits per heavy atom. The van der Waals surface area contributed by atoms with E-state index in [1.54, 1.807) is 11.3 Å². The predicted octanol–water partition coefficient (Wildman–Crippen LogP) is 3.14. The molecule has 0 saturated carbocycles. The number of nitrogens with zero attached hydrogens (tertiary/aromatic N) is 1. The second-order valence-corrected chi connectivity index (χ2v) is 4.98. The van der Waals surface area contributed by atoms with Gasteiger partial charge in [-0.05, 0) is 18.6 Å². The average Bonchev–Trinajstić information content (AvgIpc) is 2.83. The molecule has 1 amide bonds. The van der Waals surface area contributed by atoms with Crippen molar-refractivity contribution in [3.8, 4) is 10.6 Å². The number of thiazole rings is 1. The molecule has 0 spiro atoms. The molecule has 0 bridgehead atoms. The maximum atomic E-state index is 11.2. The number of aryl methyl sites for hydroxylation is 1. The van der Waals surface area contributed by atoms with E-state index in [9.17, 15) is 4.79 Å². The van der Waals surface area contributed by atoms with E-state index in [1.807, 2.05) is 37.4 Å². The van der Waals surface area contributed by atoms with Gasteiger partial charge in [0, 0.05) is 29.6 Å². The highest BCUT2D eigenvalue weighted by atomic mass is 32.1. The number of carbonyl (C=O) groups is 1. The minimum atomic E-state index is 0.0745. The van der Waals surface area contributed by atoms with Gasteiger partial charge < -0.3 is 5.32 Å². The van der Waals surface area contributed by atoms with Crippen LogP contribution in [0.3, 0.4) is 0 Å². The molecule has 1 aromatic carbocycles. The Hall–Kier alpha value is -1.68. The summed E-state index contributed by atoms with van der Waals surface area (Å²) in [5.41, 5.74) is 3.25. The highest BCUT2D eigenvalue weighted by Crippen LogP contribution is 2.24. The topological polar surface area (TPSA) is 42.0 Å². The van der Waals surface area contributed by atoms with Crippen molar-refractivity contribution in [1.29, 1.82) is 0 Å². The maximum Gasteiger partial charge on any atom is 0.219 e. The molecule has 0 fully saturated rings. The SMILES string of the molecule is CCC(=O)NCc1cccc(-c2nc(C)cs2)c1. The first-order chi connectivity index (χ1) is 8.69. The fraction of sp³-hybridized carbons (Fsp3) is 0.286. The molecule has 2 rings (SSSR count). The van der Waals surface area contributed by atoms with Gasteiger partial charge in [0.05, 0.1) is 0 Å². The van der Waals surface area contributed by atoms with Crippen molar-refractivity contribution >= 4 is 17.2 Å². The number of amides is 1. The van der Waals surface area contributed by atoms with Crippen LogP contribution < -0.4 is 5.32 Å². The van der Waals surface area contributed by atoms with Crippen LogP contribution in [0.2, 0.25) is 0 Å². The lowest BCUT2D eigenvalue weighted by Crippen LogP contribution is -2.21. The van der Waals surface area contributed by atoms with Crippen LogP contribution in [0.5, 0.6) is 0 Å². The lowest BCUT2D eigenvalue weighted by Gasteiger charge is -2.05. The molecular formula is C14H16N2OS. The van der Waals surface area contributed by atoms with Gasteiger partial charge in [-0.2, -0.15) is 0 Å². The number of hydrogen-bond acceptors (Lipinski definition) is 3. The summed E-state index contributed by atoms with van der Waals surface area (Å²) in [5.74, 6) is 0.0745. The van der Waals surface area contributed by atoms with Gasteiger partial charge in [0.2, 0.25) is 5.91 Å². The monoisotopic (exact) mass is 260 g/mol. The minimum absolute atomic E-state index is 0.0745. The van der Waals surface area contributed by atoms with Crippen molar-refractivity contribution in [3.63, 3.8) is 0 Å². The third-order valence-corrected chi connectivity index (χ3v) is 3.61. The van der Waals surface area contributed by atoms with Crippen molar-refractivity contribution in [1.82, 2.24) is 10.3 Å². The largest absolute Gasteiger partial charge is 0.352 e. The first kappa shape index (κ1) is 12.8. The number of hydrogen-bond donors (Lipinski definition) is 1. The van der Waals surface area contributed by atoms with Gasteiger partial charge in [-0.25, -0.2) is 4.98 Å². The van der Waals surface area contributed by atoms with Crippen LogP contribution >= 0.6 is 11.3 Å². The summed E-state index contributed by atoms with van der Waals surface area (Å²) < 4.78 is 0. The molecule has 18 heavy (non-hydrogen) atoms. The van der Waals surface area contributed by atoms with E-state index < -0.39 is 0 Å². The third-order valence-electron chi connectivity index (χ3n) is 2.60. The van der Waals surface area contributed by atoms with Gasteiger partial charge in [0.25, 0.3) is 0 Å². The molecule has 0 aliphatic rings. The molecule has 1 heterocycles. The van der Waals surface area contributed by atoms with Gasteiger partial charge in [0.1, 0.15) is 5.01 Å². The number of aromatic nitrogens is 1. The van der Waals surface area contributed by atoms with Crippen molar-refractivity contribution in [2.75, 3.05) is 0 Å². The molecule has 0 atom stereocenters. The number of carbonyl (C=O) groups excluding carboxylic acids is 1. The van der Waals surface area contributed by atoms with Crippen molar-refractivity contribution < 1.29 is 4.79 Å². The van der Waals surface area contributed by atoms with Crippen LogP contribution in [0.1, 0.15) is 24.6 Å². The summed E-state index contributed by atoms with van der Waals surface area (Å²) in [5, 5.41) is 5.94. The van der Waals surface area contributed by atoms with E-state index in [0.717, 1.165) is 21.8 Å². The Morgan fingerprint density at radius 3 is 2.94 bits per heavy atom. The Bertz CT molecular complexity index is 548. The van der Waals surface area contributed by atoms with Crippen molar-refractivity contribution in [3.05, 3.63) is 40.9 Å². The Balaban J connectivity index is 2.12. The van der Waals surface area contributed by atoms with Crippen LogP contribution in [0.4, 0.5) is 0 Å². The fourth-order valence-corrected chi connectivity index (χ4v) is 2.42. The fourth-order valence-electron chi connectivity index (χ4n) is 1.63. The molecule has 0 radical (unpaired) electrons. The highest BCUT2D eigenvalue weighted by Gasteiger charge is 2.04. The second-order valence-electron chi connectivity index (χ2n) is 4.12. The van der Waals surface area contributed by atoms with Gasteiger partial charge in [-0.3, -0.25) is 4.79 Å². The maximum absolute atomic E-state index is 11.2. The Kier molecular flexibility index (Phi) is 4.10. The Morgan fingerprint density at radius 1 is 1.44 bits per heavy atom. The van der Waals surface area contributed by atoms with Crippen molar-refractivity contribution in [2.24, 2.45) is 0 Å². The van der Waals surface area contributed by atoms with E-state index in [1.165, 1.54) is 0 Å². The summed E-state index contributed by atoms with van der Waals surface area (Å²) in [7, 11) is 0. The van der Waals surface area contributed by atoms with Gasteiger partial charge in [-0.1, -0.05) is 25.1 Å². The van der Waals surface area contributed by atoms with E-state index >= 15 is 0 Å².